The summed E-state index contributed by atoms with van der Waals surface area (Å²) in [6, 6.07) is 0. The molecule has 4 N–H and O–H groups in total. The molecular formula is H4O5P+. The maximum absolute atomic E-state index is 8.70. The van der Waals surface area contributed by atoms with Crippen molar-refractivity contribution in [1.82, 2.24) is 0 Å². The first kappa shape index (κ1) is 9.34. The summed E-state index contributed by atoms with van der Waals surface area (Å²) in [5.41, 5.74) is 0. The number of hydrogen-bond donors (Lipinski definition) is 4. The van der Waals surface area contributed by atoms with E-state index in [0.717, 1.165) is 0 Å². The fourth-order valence-electron chi connectivity index (χ4n) is 0. The third-order valence-corrected chi connectivity index (χ3v) is 0. The lowest BCUT2D eigenvalue weighted by Gasteiger charge is -1.34. The van der Waals surface area contributed by atoms with Crippen LogP contribution in [0.1, 0.15) is 0 Å². The van der Waals surface area contributed by atoms with Gasteiger partial charge in [0.05, 0.1) is 0 Å². The highest BCUT2D eigenvalue weighted by Gasteiger charge is 1.93. The summed E-state index contributed by atoms with van der Waals surface area (Å²) in [6.45, 7) is 0. The van der Waals surface area contributed by atoms with Crippen molar-refractivity contribution in [2.24, 2.45) is 0 Å². The minimum atomic E-state index is -2.87. The Morgan fingerprint density at radius 1 is 1.17 bits per heavy atom. The fourth-order valence-corrected chi connectivity index (χ4v) is 0. The smallest absolute Gasteiger partial charge is 0.255 e. The average Bonchev–Trinajstić information content (AvgIpc) is 1.41. The third-order valence-electron chi connectivity index (χ3n) is 0. The minimum absolute atomic E-state index is 2.87. The van der Waals surface area contributed by atoms with Crippen molar-refractivity contribution in [3.05, 3.63) is 0 Å². The second-order valence-electron chi connectivity index (χ2n) is 0.253. The van der Waals surface area contributed by atoms with E-state index >= 15 is 0 Å². The van der Waals surface area contributed by atoms with Gasteiger partial charge in [0.1, 0.15) is 0 Å². The van der Waals surface area contributed by atoms with Gasteiger partial charge in [0.15, 0.2) is 0 Å². The van der Waals surface area contributed by atoms with Crippen LogP contribution in [-0.2, 0) is 4.57 Å². The molecular weight excluding hydrogens is 111 g/mol. The van der Waals surface area contributed by atoms with Gasteiger partial charge in [-0.05, 0) is 0 Å². The van der Waals surface area contributed by atoms with Crippen LogP contribution in [0.15, 0.2) is 0 Å². The van der Waals surface area contributed by atoms with E-state index in [9.17, 15) is 0 Å². The zero-order valence-corrected chi connectivity index (χ0v) is 3.54. The van der Waals surface area contributed by atoms with Gasteiger partial charge in [0, 0.05) is 4.57 Å². The van der Waals surface area contributed by atoms with Crippen molar-refractivity contribution >= 4 is 8.25 Å². The Morgan fingerprint density at radius 2 is 1.17 bits per heavy atom. The first-order valence-electron chi connectivity index (χ1n) is 0.783. The molecule has 0 atom stereocenters. The molecule has 0 aliphatic heterocycles. The van der Waals surface area contributed by atoms with Gasteiger partial charge < -0.3 is 0 Å². The second-order valence-corrected chi connectivity index (χ2v) is 0.758. The molecule has 0 saturated carbocycles. The van der Waals surface area contributed by atoms with Crippen molar-refractivity contribution in [3.63, 3.8) is 0 Å². The molecule has 0 bridgehead atoms. The van der Waals surface area contributed by atoms with E-state index in [0.29, 0.717) is 0 Å². The van der Waals surface area contributed by atoms with Crippen LogP contribution in [0.25, 0.3) is 0 Å². The first-order chi connectivity index (χ1) is 2.73. The average molecular weight is 115 g/mol. The first-order valence-corrected chi connectivity index (χ1v) is 1.95. The lowest BCUT2D eigenvalue weighted by atomic mass is 15.0. The van der Waals surface area contributed by atoms with E-state index in [4.69, 9.17) is 24.9 Å². The van der Waals surface area contributed by atoms with Crippen LogP contribution in [0, 0.1) is 0 Å². The van der Waals surface area contributed by atoms with Crippen molar-refractivity contribution < 1.29 is 24.9 Å². The van der Waals surface area contributed by atoms with Crippen LogP contribution < -0.4 is 0 Å². The summed E-state index contributed by atoms with van der Waals surface area (Å²) >= 11 is 0. The van der Waals surface area contributed by atoms with Gasteiger partial charge >= 0.3 is 8.25 Å². The molecule has 0 aromatic heterocycles. The minimum Gasteiger partial charge on any atom is -0.255 e. The summed E-state index contributed by atoms with van der Waals surface area (Å²) in [5, 5.41) is 12.0. The summed E-state index contributed by atoms with van der Waals surface area (Å²) in [5.74, 6) is 0. The molecule has 0 spiro atoms. The number of rotatable bonds is 0. The van der Waals surface area contributed by atoms with E-state index in [2.05, 4.69) is 0 Å². The largest absolute Gasteiger partial charge is 0.692 e. The van der Waals surface area contributed by atoms with Crippen LogP contribution in [0.5, 0.6) is 0 Å². The monoisotopic (exact) mass is 115 g/mol. The Balaban J connectivity index is 0. The van der Waals surface area contributed by atoms with Crippen molar-refractivity contribution in [2.75, 3.05) is 0 Å². The van der Waals surface area contributed by atoms with Crippen LogP contribution in [0.3, 0.4) is 0 Å². The van der Waals surface area contributed by atoms with Crippen LogP contribution in [-0.4, -0.2) is 20.3 Å². The van der Waals surface area contributed by atoms with Crippen LogP contribution >= 0.6 is 8.25 Å². The molecule has 5 nitrogen and oxygen atoms in total. The highest BCUT2D eigenvalue weighted by molar-refractivity contribution is 7.30. The maximum atomic E-state index is 8.70. The van der Waals surface area contributed by atoms with E-state index in [-0.39, 0.29) is 0 Å². The lowest BCUT2D eigenvalue weighted by molar-refractivity contribution is -0.176. The van der Waals surface area contributed by atoms with Crippen LogP contribution in [0.4, 0.5) is 0 Å². The van der Waals surface area contributed by atoms with Gasteiger partial charge in [-0.15, -0.1) is 9.79 Å². The summed E-state index contributed by atoms with van der Waals surface area (Å²) in [6.07, 6.45) is 0. The molecule has 0 aliphatic rings. The van der Waals surface area contributed by atoms with E-state index < -0.39 is 8.25 Å². The molecule has 0 aromatic carbocycles. The topological polar surface area (TPSA) is 98.0 Å². The van der Waals surface area contributed by atoms with Gasteiger partial charge in [-0.25, -0.2) is 0 Å². The SMILES string of the molecule is O=[P+](O)O.OO. The summed E-state index contributed by atoms with van der Waals surface area (Å²) < 4.78 is 8.70. The third kappa shape index (κ3) is 9460. The quantitative estimate of drug-likeness (QED) is 0.196. The van der Waals surface area contributed by atoms with Crippen molar-refractivity contribution in [1.29, 1.82) is 0 Å². The molecule has 0 saturated heterocycles. The zero-order valence-electron chi connectivity index (χ0n) is 2.64. The highest BCUT2D eigenvalue weighted by Crippen LogP contribution is 1.98. The standard InChI is InChI=1S/HO3P.H2O2/c1-4(2)3;1-2/h(H-,1,2,3);1-2H/p+1. The Morgan fingerprint density at radius 3 is 1.17 bits per heavy atom. The molecule has 0 aliphatic carbocycles. The highest BCUT2D eigenvalue weighted by atomic mass is 31.1. The molecule has 0 heterocycles. The Hall–Kier alpha value is -0.0600. The molecule has 38 valence electrons. The van der Waals surface area contributed by atoms with E-state index in [1.807, 2.05) is 0 Å². The molecule has 0 radical (unpaired) electrons. The second kappa shape index (κ2) is 8.87. The van der Waals surface area contributed by atoms with Crippen molar-refractivity contribution in [3.8, 4) is 0 Å². The van der Waals surface area contributed by atoms with Gasteiger partial charge in [-0.1, -0.05) is 0 Å². The summed E-state index contributed by atoms with van der Waals surface area (Å²) in [4.78, 5) is 14.2. The molecule has 6 heavy (non-hydrogen) atoms. The zero-order chi connectivity index (χ0) is 5.58. The Bertz CT molecular complexity index is 26.9. The predicted octanol–water partition coefficient (Wildman–Crippen LogP) is -0.354. The van der Waals surface area contributed by atoms with Crippen molar-refractivity contribution in [2.45, 2.75) is 0 Å². The Kier molecular flexibility index (Phi) is 13.8. The molecule has 0 rings (SSSR count). The molecule has 6 heteroatoms. The van der Waals surface area contributed by atoms with Gasteiger partial charge in [-0.2, -0.15) is 0 Å². The molecule has 0 fully saturated rings. The van der Waals surface area contributed by atoms with Crippen LogP contribution in [0.2, 0.25) is 0 Å². The van der Waals surface area contributed by atoms with Gasteiger partial charge in [0.2, 0.25) is 0 Å². The normalized spacial score (nSPS) is 5.33. The summed E-state index contributed by atoms with van der Waals surface area (Å²) in [7, 11) is -2.87. The maximum Gasteiger partial charge on any atom is 0.692 e. The molecule has 0 unspecified atom stereocenters. The fraction of sp³-hybridized carbons (Fsp3) is 0. The van der Waals surface area contributed by atoms with E-state index in [1.54, 1.807) is 0 Å². The van der Waals surface area contributed by atoms with Gasteiger partial charge in [0.25, 0.3) is 0 Å². The predicted molar refractivity (Wildman–Crippen MR) is 17.3 cm³/mol. The van der Waals surface area contributed by atoms with Gasteiger partial charge in [-0.3, -0.25) is 10.5 Å². The molecule has 0 aromatic rings. The molecule has 0 amide bonds. The number of hydrogen-bond acceptors (Lipinski definition) is 3. The lowest BCUT2D eigenvalue weighted by Crippen LogP contribution is -1.38. The Labute approximate surface area is 34.4 Å². The van der Waals surface area contributed by atoms with E-state index in [1.165, 1.54) is 0 Å².